The first-order valence-electron chi connectivity index (χ1n) is 8.66. The molecule has 0 saturated carbocycles. The molecule has 0 atom stereocenters. The lowest BCUT2D eigenvalue weighted by Crippen LogP contribution is -2.23. The van der Waals surface area contributed by atoms with Crippen molar-refractivity contribution in [3.8, 4) is 5.69 Å². The lowest BCUT2D eigenvalue weighted by Gasteiger charge is -2.10. The number of para-hydroxylation sites is 1. The summed E-state index contributed by atoms with van der Waals surface area (Å²) in [4.78, 5) is 16.7. The second-order valence-corrected chi connectivity index (χ2v) is 6.36. The Morgan fingerprint density at radius 2 is 1.69 bits per heavy atom. The molecule has 0 aliphatic carbocycles. The first-order chi connectivity index (χ1) is 12.6. The minimum absolute atomic E-state index is 0.150. The van der Waals surface area contributed by atoms with Crippen molar-refractivity contribution in [3.05, 3.63) is 95.6 Å². The van der Waals surface area contributed by atoms with E-state index in [0.717, 1.165) is 29.3 Å². The van der Waals surface area contributed by atoms with E-state index in [1.54, 1.807) is 6.92 Å². The number of benzene rings is 2. The summed E-state index contributed by atoms with van der Waals surface area (Å²) in [6, 6.07) is 20.4. The van der Waals surface area contributed by atoms with Gasteiger partial charge in [0, 0.05) is 23.4 Å². The number of hydrogen-bond acceptors (Lipinski definition) is 2. The van der Waals surface area contributed by atoms with Crippen LogP contribution in [0.3, 0.4) is 0 Å². The zero-order valence-electron chi connectivity index (χ0n) is 15.2. The molecule has 0 aliphatic heterocycles. The van der Waals surface area contributed by atoms with Gasteiger partial charge in [-0.1, -0.05) is 55.1 Å². The van der Waals surface area contributed by atoms with Gasteiger partial charge in [0.05, 0.1) is 12.2 Å². The summed E-state index contributed by atoms with van der Waals surface area (Å²) in [5.74, 6) is 0.808. The molecule has 1 aromatic heterocycles. The van der Waals surface area contributed by atoms with Crippen LogP contribution in [0, 0.1) is 6.92 Å². The van der Waals surface area contributed by atoms with E-state index in [1.165, 1.54) is 5.56 Å². The molecule has 0 saturated heterocycles. The second-order valence-electron chi connectivity index (χ2n) is 6.36. The van der Waals surface area contributed by atoms with E-state index in [4.69, 9.17) is 4.98 Å². The lowest BCUT2D eigenvalue weighted by molar-refractivity contribution is -0.117. The fraction of sp³-hybridized carbons (Fsp3) is 0.182. The van der Waals surface area contributed by atoms with Gasteiger partial charge in [-0.3, -0.25) is 4.79 Å². The van der Waals surface area contributed by atoms with Crippen molar-refractivity contribution in [1.29, 1.82) is 0 Å². The minimum Gasteiger partial charge on any atom is -0.347 e. The molecule has 1 N–H and O–H groups in total. The summed E-state index contributed by atoms with van der Waals surface area (Å²) in [6.45, 7) is 7.80. The highest BCUT2D eigenvalue weighted by Gasteiger charge is 2.16. The highest BCUT2D eigenvalue weighted by molar-refractivity contribution is 5.91. The minimum atomic E-state index is -0.150. The van der Waals surface area contributed by atoms with Gasteiger partial charge in [-0.05, 0) is 31.5 Å². The van der Waals surface area contributed by atoms with Crippen LogP contribution in [0.2, 0.25) is 0 Å². The van der Waals surface area contributed by atoms with Crippen molar-refractivity contribution in [2.75, 3.05) is 0 Å². The van der Waals surface area contributed by atoms with E-state index < -0.39 is 0 Å². The van der Waals surface area contributed by atoms with Crippen LogP contribution in [-0.2, 0) is 17.8 Å². The Morgan fingerprint density at radius 1 is 1.08 bits per heavy atom. The molecule has 4 nitrogen and oxygen atoms in total. The number of rotatable bonds is 6. The Hall–Kier alpha value is -3.14. The van der Waals surface area contributed by atoms with E-state index in [1.807, 2.05) is 43.3 Å². The molecule has 0 fully saturated rings. The van der Waals surface area contributed by atoms with E-state index in [-0.39, 0.29) is 5.91 Å². The molecule has 0 radical (unpaired) electrons. The second kappa shape index (κ2) is 7.83. The molecule has 1 heterocycles. The van der Waals surface area contributed by atoms with Crippen LogP contribution >= 0.6 is 0 Å². The number of amides is 1. The zero-order chi connectivity index (χ0) is 18.5. The zero-order valence-corrected chi connectivity index (χ0v) is 15.2. The highest BCUT2D eigenvalue weighted by atomic mass is 16.1. The van der Waals surface area contributed by atoms with Gasteiger partial charge < -0.3 is 9.88 Å². The average molecular weight is 345 g/mol. The van der Waals surface area contributed by atoms with Gasteiger partial charge in [0.15, 0.2) is 0 Å². The van der Waals surface area contributed by atoms with Crippen LogP contribution in [0.4, 0.5) is 0 Å². The molecule has 0 spiro atoms. The van der Waals surface area contributed by atoms with Gasteiger partial charge >= 0.3 is 0 Å². The molecule has 0 bridgehead atoms. The molecule has 26 heavy (non-hydrogen) atoms. The molecular formula is C22H23N3O. The maximum absolute atomic E-state index is 11.8. The van der Waals surface area contributed by atoms with E-state index in [9.17, 15) is 4.79 Å². The first-order valence-corrected chi connectivity index (χ1v) is 8.66. The van der Waals surface area contributed by atoms with Gasteiger partial charge in [0.25, 0.3) is 0 Å². The van der Waals surface area contributed by atoms with E-state index in [0.29, 0.717) is 12.1 Å². The van der Waals surface area contributed by atoms with Crippen molar-refractivity contribution in [2.24, 2.45) is 0 Å². The van der Waals surface area contributed by atoms with E-state index >= 15 is 0 Å². The molecule has 0 unspecified atom stereocenters. The Balaban J connectivity index is 1.97. The number of hydrogen-bond donors (Lipinski definition) is 1. The maximum Gasteiger partial charge on any atom is 0.246 e. The molecule has 3 aromatic rings. The molecule has 1 amide bonds. The molecule has 132 valence electrons. The third kappa shape index (κ3) is 3.91. The predicted molar refractivity (Wildman–Crippen MR) is 104 cm³/mol. The van der Waals surface area contributed by atoms with Crippen molar-refractivity contribution in [2.45, 2.75) is 26.8 Å². The molecule has 2 aromatic carbocycles. The average Bonchev–Trinajstić information content (AvgIpc) is 2.96. The summed E-state index contributed by atoms with van der Waals surface area (Å²) in [7, 11) is 0. The number of carbonyl (C=O) groups excluding carboxylic acids is 1. The quantitative estimate of drug-likeness (QED) is 0.687. The predicted octanol–water partition coefficient (Wildman–Crippen LogP) is 3.96. The molecular weight excluding hydrogens is 322 g/mol. The fourth-order valence-corrected chi connectivity index (χ4v) is 2.91. The van der Waals surface area contributed by atoms with Crippen LogP contribution in [-0.4, -0.2) is 15.5 Å². The molecule has 3 rings (SSSR count). The van der Waals surface area contributed by atoms with Gasteiger partial charge in [0.2, 0.25) is 5.91 Å². The molecule has 4 heteroatoms. The van der Waals surface area contributed by atoms with Crippen LogP contribution in [0.15, 0.2) is 72.8 Å². The number of nitrogens with zero attached hydrogens (tertiary/aromatic N) is 2. The third-order valence-electron chi connectivity index (χ3n) is 4.30. The summed E-state index contributed by atoms with van der Waals surface area (Å²) >= 11 is 0. The van der Waals surface area contributed by atoms with Crippen LogP contribution in [0.5, 0.6) is 0 Å². The number of imidazole rings is 1. The van der Waals surface area contributed by atoms with Crippen molar-refractivity contribution >= 4 is 5.91 Å². The summed E-state index contributed by atoms with van der Waals surface area (Å²) in [6.07, 6.45) is 0.727. The third-order valence-corrected chi connectivity index (χ3v) is 4.30. The number of aromatic nitrogens is 2. The maximum atomic E-state index is 11.8. The monoisotopic (exact) mass is 345 g/mol. The smallest absolute Gasteiger partial charge is 0.246 e. The van der Waals surface area contributed by atoms with Crippen molar-refractivity contribution < 1.29 is 4.79 Å². The summed E-state index contributed by atoms with van der Waals surface area (Å²) in [5, 5.41) is 2.88. The van der Waals surface area contributed by atoms with Crippen LogP contribution in [0.1, 0.15) is 29.7 Å². The van der Waals surface area contributed by atoms with Gasteiger partial charge in [0.1, 0.15) is 5.82 Å². The SMILES string of the molecule is C=C(C)C(=O)NCc1nc(Cc2ccccc2)n(-c2ccccc2)c1C. The Bertz CT molecular complexity index is 911. The van der Waals surface area contributed by atoms with Gasteiger partial charge in [-0.15, -0.1) is 0 Å². The highest BCUT2D eigenvalue weighted by Crippen LogP contribution is 2.20. The van der Waals surface area contributed by atoms with Gasteiger partial charge in [-0.25, -0.2) is 4.98 Å². The van der Waals surface area contributed by atoms with Crippen molar-refractivity contribution in [1.82, 2.24) is 14.9 Å². The fourth-order valence-electron chi connectivity index (χ4n) is 2.91. The topological polar surface area (TPSA) is 46.9 Å². The van der Waals surface area contributed by atoms with Gasteiger partial charge in [-0.2, -0.15) is 0 Å². The Kier molecular flexibility index (Phi) is 5.32. The standard InChI is InChI=1S/C22H23N3O/c1-16(2)22(26)23-15-20-17(3)25(19-12-8-5-9-13-19)21(24-20)14-18-10-6-4-7-11-18/h4-13H,1,14-15H2,2-3H3,(H,23,26). The van der Waals surface area contributed by atoms with Crippen LogP contribution < -0.4 is 5.32 Å². The largest absolute Gasteiger partial charge is 0.347 e. The first kappa shape index (κ1) is 17.7. The van der Waals surface area contributed by atoms with Crippen molar-refractivity contribution in [3.63, 3.8) is 0 Å². The normalized spacial score (nSPS) is 10.5. The van der Waals surface area contributed by atoms with E-state index in [2.05, 4.69) is 40.7 Å². The Labute approximate surface area is 154 Å². The summed E-state index contributed by atoms with van der Waals surface area (Å²) < 4.78 is 2.16. The van der Waals surface area contributed by atoms with Crippen LogP contribution in [0.25, 0.3) is 5.69 Å². The lowest BCUT2D eigenvalue weighted by atomic mass is 10.1. The Morgan fingerprint density at radius 3 is 2.31 bits per heavy atom. The number of carbonyl (C=O) groups is 1. The number of nitrogens with one attached hydrogen (secondary N) is 1. The summed E-state index contributed by atoms with van der Waals surface area (Å²) in [5.41, 5.74) is 4.67. The molecule has 0 aliphatic rings.